The SMILES string of the molecule is CC1(C)CC(=O)C2=C(C1)NC1=C(C(=O)CC(C)(C)C1)C2c1cccc(Cl)c1Cl. The predicted octanol–water partition coefficient (Wildman–Crippen LogP) is 5.97. The summed E-state index contributed by atoms with van der Waals surface area (Å²) in [6, 6.07) is 5.46. The van der Waals surface area contributed by atoms with Crippen LogP contribution in [0.25, 0.3) is 0 Å². The second-order valence-electron chi connectivity index (χ2n) is 9.87. The molecule has 3 nitrogen and oxygen atoms in total. The van der Waals surface area contributed by atoms with Crippen LogP contribution in [0.3, 0.4) is 0 Å². The van der Waals surface area contributed by atoms with Crippen molar-refractivity contribution in [3.63, 3.8) is 0 Å². The number of nitrogens with one attached hydrogen (secondary N) is 1. The fraction of sp³-hybridized carbons (Fsp3) is 0.478. The van der Waals surface area contributed by atoms with E-state index in [4.69, 9.17) is 23.2 Å². The zero-order chi connectivity index (χ0) is 20.4. The Kier molecular flexibility index (Phi) is 4.55. The number of Topliss-reactive ketones (excluding diaryl/α,β-unsaturated/α-hetero) is 2. The van der Waals surface area contributed by atoms with Crippen molar-refractivity contribution >= 4 is 34.8 Å². The Hall–Kier alpha value is -1.58. The first-order valence-electron chi connectivity index (χ1n) is 9.72. The maximum absolute atomic E-state index is 13.2. The lowest BCUT2D eigenvalue weighted by Gasteiger charge is -2.44. The molecule has 0 fully saturated rings. The first-order chi connectivity index (χ1) is 13.0. The van der Waals surface area contributed by atoms with Crippen molar-refractivity contribution in [2.75, 3.05) is 0 Å². The van der Waals surface area contributed by atoms with Crippen LogP contribution in [-0.4, -0.2) is 11.6 Å². The summed E-state index contributed by atoms with van der Waals surface area (Å²) in [6.07, 6.45) is 2.47. The van der Waals surface area contributed by atoms with Gasteiger partial charge in [0.05, 0.1) is 10.0 Å². The molecule has 5 heteroatoms. The van der Waals surface area contributed by atoms with Crippen LogP contribution in [0.1, 0.15) is 64.9 Å². The number of carbonyl (C=O) groups is 2. The van der Waals surface area contributed by atoms with Crippen LogP contribution in [0.4, 0.5) is 0 Å². The van der Waals surface area contributed by atoms with Crippen LogP contribution in [-0.2, 0) is 9.59 Å². The predicted molar refractivity (Wildman–Crippen MR) is 112 cm³/mol. The summed E-state index contributed by atoms with van der Waals surface area (Å²) in [5.41, 5.74) is 3.77. The molecule has 1 aromatic rings. The Balaban J connectivity index is 1.96. The van der Waals surface area contributed by atoms with E-state index in [2.05, 4.69) is 33.0 Å². The Labute approximate surface area is 176 Å². The molecule has 2 aliphatic carbocycles. The van der Waals surface area contributed by atoms with E-state index in [1.807, 2.05) is 12.1 Å². The van der Waals surface area contributed by atoms with Crippen LogP contribution in [0.2, 0.25) is 10.0 Å². The highest BCUT2D eigenvalue weighted by Crippen LogP contribution is 2.52. The zero-order valence-electron chi connectivity index (χ0n) is 16.7. The Morgan fingerprint density at radius 1 is 0.857 bits per heavy atom. The lowest BCUT2D eigenvalue weighted by Crippen LogP contribution is -2.42. The summed E-state index contributed by atoms with van der Waals surface area (Å²) in [7, 11) is 0. The molecule has 0 radical (unpaired) electrons. The molecule has 1 N–H and O–H groups in total. The van der Waals surface area contributed by atoms with Gasteiger partial charge in [0.15, 0.2) is 11.6 Å². The fourth-order valence-electron chi connectivity index (χ4n) is 4.94. The molecule has 0 aromatic heterocycles. The van der Waals surface area contributed by atoms with Crippen LogP contribution < -0.4 is 5.32 Å². The molecule has 0 bridgehead atoms. The van der Waals surface area contributed by atoms with Gasteiger partial charge < -0.3 is 5.32 Å². The number of dihydropyridines is 1. The molecule has 4 rings (SSSR count). The number of halogens is 2. The van der Waals surface area contributed by atoms with Gasteiger partial charge in [-0.15, -0.1) is 0 Å². The van der Waals surface area contributed by atoms with Crippen molar-refractivity contribution in [1.82, 2.24) is 5.32 Å². The molecule has 0 spiro atoms. The number of hydrogen-bond donors (Lipinski definition) is 1. The number of allylic oxidation sites excluding steroid dienone is 4. The van der Waals surface area contributed by atoms with E-state index < -0.39 is 5.92 Å². The van der Waals surface area contributed by atoms with Gasteiger partial charge in [-0.1, -0.05) is 63.0 Å². The molecule has 1 heterocycles. The summed E-state index contributed by atoms with van der Waals surface area (Å²) < 4.78 is 0. The minimum atomic E-state index is -0.440. The molecule has 0 amide bonds. The van der Waals surface area contributed by atoms with Gasteiger partial charge in [0.2, 0.25) is 0 Å². The molecular formula is C23H25Cl2NO2. The van der Waals surface area contributed by atoms with E-state index in [0.29, 0.717) is 34.0 Å². The smallest absolute Gasteiger partial charge is 0.162 e. The third-order valence-corrected chi connectivity index (χ3v) is 6.85. The Bertz CT molecular complexity index is 917. The van der Waals surface area contributed by atoms with Crippen molar-refractivity contribution in [2.24, 2.45) is 10.8 Å². The highest BCUT2D eigenvalue weighted by atomic mass is 35.5. The summed E-state index contributed by atoms with van der Waals surface area (Å²) in [6.45, 7) is 8.43. The molecule has 28 heavy (non-hydrogen) atoms. The summed E-state index contributed by atoms with van der Waals surface area (Å²) in [5.74, 6) is -0.266. The molecule has 0 saturated carbocycles. The van der Waals surface area contributed by atoms with Gasteiger partial charge in [0, 0.05) is 41.3 Å². The molecule has 0 saturated heterocycles. The lowest BCUT2D eigenvalue weighted by molar-refractivity contribution is -0.119. The van der Waals surface area contributed by atoms with Crippen molar-refractivity contribution in [3.8, 4) is 0 Å². The minimum Gasteiger partial charge on any atom is -0.362 e. The van der Waals surface area contributed by atoms with Gasteiger partial charge >= 0.3 is 0 Å². The number of ketones is 2. The monoisotopic (exact) mass is 417 g/mol. The maximum Gasteiger partial charge on any atom is 0.162 e. The third kappa shape index (κ3) is 3.23. The summed E-state index contributed by atoms with van der Waals surface area (Å²) in [4.78, 5) is 26.4. The van der Waals surface area contributed by atoms with Gasteiger partial charge in [-0.25, -0.2) is 0 Å². The highest BCUT2D eigenvalue weighted by Gasteiger charge is 2.46. The van der Waals surface area contributed by atoms with E-state index in [-0.39, 0.29) is 22.4 Å². The molecule has 148 valence electrons. The van der Waals surface area contributed by atoms with Gasteiger partial charge in [-0.2, -0.15) is 0 Å². The molecule has 1 aliphatic heterocycles. The lowest BCUT2D eigenvalue weighted by atomic mass is 9.64. The van der Waals surface area contributed by atoms with Gasteiger partial charge in [0.25, 0.3) is 0 Å². The quantitative estimate of drug-likeness (QED) is 0.612. The van der Waals surface area contributed by atoms with E-state index in [0.717, 1.165) is 29.8 Å². The normalized spacial score (nSPS) is 24.1. The largest absolute Gasteiger partial charge is 0.362 e. The Morgan fingerprint density at radius 2 is 1.36 bits per heavy atom. The van der Waals surface area contributed by atoms with Crippen LogP contribution in [0, 0.1) is 10.8 Å². The average Bonchev–Trinajstić information content (AvgIpc) is 2.53. The van der Waals surface area contributed by atoms with E-state index in [1.165, 1.54) is 0 Å². The van der Waals surface area contributed by atoms with Crippen molar-refractivity contribution in [1.29, 1.82) is 0 Å². The summed E-state index contributed by atoms with van der Waals surface area (Å²) in [5, 5.41) is 4.37. The molecule has 3 aliphatic rings. The van der Waals surface area contributed by atoms with Crippen molar-refractivity contribution < 1.29 is 9.59 Å². The number of rotatable bonds is 1. The second-order valence-corrected chi connectivity index (χ2v) is 10.7. The van der Waals surface area contributed by atoms with Crippen LogP contribution in [0.15, 0.2) is 40.7 Å². The van der Waals surface area contributed by atoms with E-state index in [9.17, 15) is 9.59 Å². The third-order valence-electron chi connectivity index (χ3n) is 6.01. The van der Waals surface area contributed by atoms with Crippen molar-refractivity contribution in [2.45, 2.75) is 59.3 Å². The molecule has 0 atom stereocenters. The zero-order valence-corrected chi connectivity index (χ0v) is 18.2. The van der Waals surface area contributed by atoms with Gasteiger partial charge in [-0.3, -0.25) is 9.59 Å². The summed E-state index contributed by atoms with van der Waals surface area (Å²) >= 11 is 12.9. The second kappa shape index (κ2) is 6.47. The minimum absolute atomic E-state index is 0.0870. The Morgan fingerprint density at radius 3 is 1.86 bits per heavy atom. The van der Waals surface area contributed by atoms with Gasteiger partial charge in [-0.05, 0) is 35.3 Å². The maximum atomic E-state index is 13.2. The highest BCUT2D eigenvalue weighted by molar-refractivity contribution is 6.42. The standard InChI is InChI=1S/C23H25Cl2NO2/c1-22(2)8-14-19(16(27)10-22)18(12-6-5-7-13(24)21(12)25)20-15(26-14)9-23(3,4)11-17(20)28/h5-7,18,26H,8-11H2,1-4H3. The number of hydrogen-bond acceptors (Lipinski definition) is 3. The topological polar surface area (TPSA) is 46.2 Å². The van der Waals surface area contributed by atoms with Crippen molar-refractivity contribution in [3.05, 3.63) is 56.3 Å². The van der Waals surface area contributed by atoms with Gasteiger partial charge in [0.1, 0.15) is 0 Å². The van der Waals surface area contributed by atoms with E-state index in [1.54, 1.807) is 6.07 Å². The number of carbonyl (C=O) groups excluding carboxylic acids is 2. The van der Waals surface area contributed by atoms with E-state index >= 15 is 0 Å². The number of benzene rings is 1. The fourth-order valence-corrected chi connectivity index (χ4v) is 5.36. The molecule has 1 aromatic carbocycles. The average molecular weight is 418 g/mol. The first-order valence-corrected chi connectivity index (χ1v) is 10.5. The van der Waals surface area contributed by atoms with Crippen LogP contribution >= 0.6 is 23.2 Å². The molecular weight excluding hydrogens is 393 g/mol. The molecule has 0 unspecified atom stereocenters. The van der Waals surface area contributed by atoms with Crippen LogP contribution in [0.5, 0.6) is 0 Å². The first kappa shape index (κ1) is 19.7.